The molecule has 0 saturated heterocycles. The van der Waals surface area contributed by atoms with Gasteiger partial charge in [-0.2, -0.15) is 0 Å². The lowest BCUT2D eigenvalue weighted by atomic mass is 9.94. The van der Waals surface area contributed by atoms with Crippen LogP contribution in [-0.4, -0.2) is 7.11 Å². The van der Waals surface area contributed by atoms with Gasteiger partial charge in [-0.3, -0.25) is 0 Å². The van der Waals surface area contributed by atoms with Crippen molar-refractivity contribution in [1.29, 1.82) is 0 Å². The Morgan fingerprint density at radius 2 is 1.79 bits per heavy atom. The van der Waals surface area contributed by atoms with E-state index in [0.717, 1.165) is 21.3 Å². The number of hydrogen-bond acceptors (Lipinski definition) is 2. The summed E-state index contributed by atoms with van der Waals surface area (Å²) in [4.78, 5) is 0. The zero-order valence-corrected chi connectivity index (χ0v) is 13.0. The molecule has 2 aromatic carbocycles. The van der Waals surface area contributed by atoms with Crippen molar-refractivity contribution in [3.8, 4) is 5.75 Å². The molecular weight excluding hydrogens is 302 g/mol. The van der Waals surface area contributed by atoms with Crippen LogP contribution >= 0.6 is 15.9 Å². The van der Waals surface area contributed by atoms with Crippen LogP contribution in [0.3, 0.4) is 0 Å². The molecule has 0 amide bonds. The fourth-order valence-electron chi connectivity index (χ4n) is 2.21. The summed E-state index contributed by atoms with van der Waals surface area (Å²) >= 11 is 3.50. The molecule has 3 heteroatoms. The summed E-state index contributed by atoms with van der Waals surface area (Å²) in [6.07, 6.45) is 0. The van der Waals surface area contributed by atoms with Gasteiger partial charge < -0.3 is 10.5 Å². The number of halogens is 1. The molecule has 0 spiro atoms. The van der Waals surface area contributed by atoms with Gasteiger partial charge in [0.1, 0.15) is 5.75 Å². The summed E-state index contributed by atoms with van der Waals surface area (Å²) in [5.41, 5.74) is 10.9. The van der Waals surface area contributed by atoms with E-state index in [0.29, 0.717) is 0 Å². The summed E-state index contributed by atoms with van der Waals surface area (Å²) in [5.74, 6) is 0.831. The summed E-state index contributed by atoms with van der Waals surface area (Å²) in [7, 11) is 1.68. The fraction of sp³-hybridized carbons (Fsp3) is 0.250. The van der Waals surface area contributed by atoms with E-state index in [9.17, 15) is 0 Å². The van der Waals surface area contributed by atoms with Crippen molar-refractivity contribution in [3.05, 3.63) is 63.1 Å². The minimum atomic E-state index is -0.188. The molecule has 100 valence electrons. The van der Waals surface area contributed by atoms with Crippen molar-refractivity contribution >= 4 is 15.9 Å². The number of ether oxygens (including phenoxy) is 1. The maximum Gasteiger partial charge on any atom is 0.123 e. The van der Waals surface area contributed by atoms with E-state index in [2.05, 4.69) is 48.0 Å². The summed E-state index contributed by atoms with van der Waals surface area (Å²) in [5, 5.41) is 0. The molecule has 2 nitrogen and oxygen atoms in total. The van der Waals surface area contributed by atoms with E-state index in [1.807, 2.05) is 18.2 Å². The van der Waals surface area contributed by atoms with E-state index in [-0.39, 0.29) is 6.04 Å². The molecular formula is C16H18BrNO. The highest BCUT2D eigenvalue weighted by Gasteiger charge is 2.16. The number of methoxy groups -OCH3 is 1. The Balaban J connectivity index is 2.51. The Labute approximate surface area is 122 Å². The van der Waals surface area contributed by atoms with Gasteiger partial charge in [0.15, 0.2) is 0 Å². The van der Waals surface area contributed by atoms with Crippen LogP contribution in [0.25, 0.3) is 0 Å². The average molecular weight is 320 g/mol. The lowest BCUT2D eigenvalue weighted by Crippen LogP contribution is -2.14. The molecule has 0 fully saturated rings. The van der Waals surface area contributed by atoms with Gasteiger partial charge in [-0.15, -0.1) is 0 Å². The first-order valence-electron chi connectivity index (χ1n) is 6.19. The third kappa shape index (κ3) is 2.99. The van der Waals surface area contributed by atoms with Crippen molar-refractivity contribution in [1.82, 2.24) is 0 Å². The second kappa shape index (κ2) is 5.76. The zero-order chi connectivity index (χ0) is 14.0. The normalized spacial score (nSPS) is 12.3. The highest BCUT2D eigenvalue weighted by Crippen LogP contribution is 2.31. The lowest BCUT2D eigenvalue weighted by Gasteiger charge is -2.19. The first-order chi connectivity index (χ1) is 9.02. The smallest absolute Gasteiger partial charge is 0.123 e. The maximum atomic E-state index is 6.43. The molecule has 2 rings (SSSR count). The molecule has 0 aromatic heterocycles. The first kappa shape index (κ1) is 14.1. The Hall–Kier alpha value is -1.32. The molecule has 0 bridgehead atoms. The fourth-order valence-corrected chi connectivity index (χ4v) is 2.59. The highest BCUT2D eigenvalue weighted by atomic mass is 79.9. The Kier molecular flexibility index (Phi) is 4.27. The van der Waals surface area contributed by atoms with Crippen molar-refractivity contribution < 1.29 is 4.74 Å². The maximum absolute atomic E-state index is 6.43. The Bertz CT molecular complexity index is 595. The number of nitrogens with two attached hydrogens (primary N) is 1. The first-order valence-corrected chi connectivity index (χ1v) is 6.98. The molecule has 0 aliphatic rings. The third-order valence-corrected chi connectivity index (χ3v) is 3.79. The Morgan fingerprint density at radius 3 is 2.47 bits per heavy atom. The SMILES string of the molecule is COc1ccc(C)cc1C(N)c1cc(Br)ccc1C. The van der Waals surface area contributed by atoms with E-state index in [1.54, 1.807) is 7.11 Å². The minimum absolute atomic E-state index is 0.188. The molecule has 1 atom stereocenters. The zero-order valence-electron chi connectivity index (χ0n) is 11.4. The van der Waals surface area contributed by atoms with Crippen molar-refractivity contribution in [2.24, 2.45) is 5.73 Å². The summed E-state index contributed by atoms with van der Waals surface area (Å²) in [6.45, 7) is 4.13. The molecule has 2 N–H and O–H groups in total. The third-order valence-electron chi connectivity index (χ3n) is 3.30. The van der Waals surface area contributed by atoms with Gasteiger partial charge in [-0.25, -0.2) is 0 Å². The number of benzene rings is 2. The van der Waals surface area contributed by atoms with E-state index >= 15 is 0 Å². The van der Waals surface area contributed by atoms with Crippen LogP contribution in [0.15, 0.2) is 40.9 Å². The molecule has 19 heavy (non-hydrogen) atoms. The summed E-state index contributed by atoms with van der Waals surface area (Å²) < 4.78 is 6.46. The van der Waals surface area contributed by atoms with Gasteiger partial charge in [0.2, 0.25) is 0 Å². The van der Waals surface area contributed by atoms with Gasteiger partial charge in [0, 0.05) is 10.0 Å². The van der Waals surface area contributed by atoms with Crippen LogP contribution in [0.2, 0.25) is 0 Å². The molecule has 0 heterocycles. The van der Waals surface area contributed by atoms with Crippen LogP contribution in [0, 0.1) is 13.8 Å². The number of rotatable bonds is 3. The van der Waals surface area contributed by atoms with Crippen LogP contribution in [0.5, 0.6) is 5.75 Å². The molecule has 0 radical (unpaired) electrons. The second-order valence-corrected chi connectivity index (χ2v) is 5.64. The highest BCUT2D eigenvalue weighted by molar-refractivity contribution is 9.10. The monoisotopic (exact) mass is 319 g/mol. The molecule has 0 aliphatic heterocycles. The van der Waals surface area contributed by atoms with Crippen LogP contribution in [0.1, 0.15) is 28.3 Å². The second-order valence-electron chi connectivity index (χ2n) is 4.72. The molecule has 0 aliphatic carbocycles. The van der Waals surface area contributed by atoms with Gasteiger partial charge >= 0.3 is 0 Å². The Morgan fingerprint density at radius 1 is 1.05 bits per heavy atom. The van der Waals surface area contributed by atoms with Crippen LogP contribution in [-0.2, 0) is 0 Å². The quantitative estimate of drug-likeness (QED) is 0.923. The predicted octanol–water partition coefficient (Wildman–Crippen LogP) is 4.12. The topological polar surface area (TPSA) is 35.2 Å². The van der Waals surface area contributed by atoms with Crippen LogP contribution < -0.4 is 10.5 Å². The standard InChI is InChI=1S/C16H18BrNO/c1-10-4-7-15(19-3)14(8-10)16(18)13-9-12(17)6-5-11(13)2/h4-9,16H,18H2,1-3H3. The largest absolute Gasteiger partial charge is 0.496 e. The van der Waals surface area contributed by atoms with Gasteiger partial charge in [-0.05, 0) is 43.2 Å². The van der Waals surface area contributed by atoms with Gasteiger partial charge in [-0.1, -0.05) is 39.7 Å². The summed E-state index contributed by atoms with van der Waals surface area (Å²) in [6, 6.07) is 12.1. The van der Waals surface area contributed by atoms with E-state index in [1.165, 1.54) is 11.1 Å². The average Bonchev–Trinajstić information content (AvgIpc) is 2.40. The van der Waals surface area contributed by atoms with Gasteiger partial charge in [0.05, 0.1) is 13.2 Å². The van der Waals surface area contributed by atoms with E-state index < -0.39 is 0 Å². The number of aryl methyl sites for hydroxylation is 2. The van der Waals surface area contributed by atoms with Crippen LogP contribution in [0.4, 0.5) is 0 Å². The lowest BCUT2D eigenvalue weighted by molar-refractivity contribution is 0.407. The number of hydrogen-bond donors (Lipinski definition) is 1. The molecule has 2 aromatic rings. The molecule has 1 unspecified atom stereocenters. The van der Waals surface area contributed by atoms with Crippen molar-refractivity contribution in [2.75, 3.05) is 7.11 Å². The minimum Gasteiger partial charge on any atom is -0.496 e. The predicted molar refractivity (Wildman–Crippen MR) is 82.6 cm³/mol. The van der Waals surface area contributed by atoms with E-state index in [4.69, 9.17) is 10.5 Å². The van der Waals surface area contributed by atoms with Crippen molar-refractivity contribution in [2.45, 2.75) is 19.9 Å². The molecule has 0 saturated carbocycles. The van der Waals surface area contributed by atoms with Crippen molar-refractivity contribution in [3.63, 3.8) is 0 Å². The van der Waals surface area contributed by atoms with Gasteiger partial charge in [0.25, 0.3) is 0 Å².